The van der Waals surface area contributed by atoms with Crippen molar-refractivity contribution in [2.75, 3.05) is 0 Å². The number of fused-ring (bicyclic) bond motifs is 3. The molecule has 2 heterocycles. The highest BCUT2D eigenvalue weighted by molar-refractivity contribution is 7.17. The van der Waals surface area contributed by atoms with E-state index in [-0.39, 0.29) is 11.9 Å². The van der Waals surface area contributed by atoms with E-state index in [0.717, 1.165) is 47.6 Å². The van der Waals surface area contributed by atoms with Crippen LogP contribution in [0.15, 0.2) is 29.4 Å². The van der Waals surface area contributed by atoms with Crippen LogP contribution < -0.4 is 0 Å². The quantitative estimate of drug-likeness (QED) is 0.357. The molecule has 5 rings (SSSR count). The number of aryl methyl sites for hydroxylation is 2. The molecule has 0 N–H and O–H groups in total. The van der Waals surface area contributed by atoms with Crippen LogP contribution in [0.3, 0.4) is 0 Å². The molecule has 1 fully saturated rings. The molecule has 2 aliphatic rings. The maximum absolute atomic E-state index is 11.8. The number of halogens is 1. The Balaban J connectivity index is 1.60. The molecule has 138 valence electrons. The number of thiazole rings is 1. The fraction of sp³-hybridized carbons (Fsp3) is 0.350. The van der Waals surface area contributed by atoms with E-state index < -0.39 is 0 Å². The number of hydrogen-bond acceptors (Lipinski definition) is 5. The third-order valence-electron chi connectivity index (χ3n) is 5.10. The van der Waals surface area contributed by atoms with Gasteiger partial charge >= 0.3 is 5.97 Å². The molecular weight excluding hydrogens is 382 g/mol. The van der Waals surface area contributed by atoms with Crippen LogP contribution in [0, 0.1) is 5.92 Å². The normalized spacial score (nSPS) is 16.8. The first-order valence-corrected chi connectivity index (χ1v) is 10.4. The second kappa shape index (κ2) is 6.77. The summed E-state index contributed by atoms with van der Waals surface area (Å²) in [6.45, 7) is 0. The lowest BCUT2D eigenvalue weighted by atomic mass is 10.0. The second-order valence-electron chi connectivity index (χ2n) is 7.07. The highest BCUT2D eigenvalue weighted by Gasteiger charge is 2.31. The minimum absolute atomic E-state index is 0.0252. The van der Waals surface area contributed by atoms with Crippen LogP contribution in [0.2, 0.25) is 5.02 Å². The molecule has 1 aromatic carbocycles. The SMILES string of the molecule is O=C(O/N=C\c1c(-c2ccc(Cl)cc2)nc2sc3c(n12)CCCC3)C1CC1. The minimum Gasteiger partial charge on any atom is -0.318 e. The summed E-state index contributed by atoms with van der Waals surface area (Å²) in [5, 5.41) is 4.69. The molecule has 0 spiro atoms. The number of imidazole rings is 1. The van der Waals surface area contributed by atoms with Gasteiger partial charge in [0.2, 0.25) is 0 Å². The van der Waals surface area contributed by atoms with Crippen LogP contribution in [0.5, 0.6) is 0 Å². The number of aromatic nitrogens is 2. The molecule has 27 heavy (non-hydrogen) atoms. The van der Waals surface area contributed by atoms with E-state index >= 15 is 0 Å². The van der Waals surface area contributed by atoms with Crippen molar-refractivity contribution in [3.63, 3.8) is 0 Å². The van der Waals surface area contributed by atoms with Crippen LogP contribution in [0.4, 0.5) is 0 Å². The highest BCUT2D eigenvalue weighted by atomic mass is 35.5. The lowest BCUT2D eigenvalue weighted by Gasteiger charge is -2.11. The van der Waals surface area contributed by atoms with Crippen molar-refractivity contribution in [1.29, 1.82) is 0 Å². The Bertz CT molecular complexity index is 1050. The monoisotopic (exact) mass is 399 g/mol. The molecule has 1 saturated carbocycles. The summed E-state index contributed by atoms with van der Waals surface area (Å²) in [7, 11) is 0. The van der Waals surface area contributed by atoms with Gasteiger partial charge in [0.05, 0.1) is 23.5 Å². The molecule has 0 aliphatic heterocycles. The molecule has 0 atom stereocenters. The smallest absolute Gasteiger partial charge is 0.318 e. The third-order valence-corrected chi connectivity index (χ3v) is 6.50. The van der Waals surface area contributed by atoms with E-state index in [4.69, 9.17) is 21.4 Å². The number of carbonyl (C=O) groups excluding carboxylic acids is 1. The lowest BCUT2D eigenvalue weighted by Crippen LogP contribution is -2.06. The van der Waals surface area contributed by atoms with Gasteiger partial charge in [-0.25, -0.2) is 9.78 Å². The van der Waals surface area contributed by atoms with Crippen LogP contribution in [0.25, 0.3) is 16.2 Å². The second-order valence-corrected chi connectivity index (χ2v) is 8.57. The molecule has 0 amide bonds. The number of nitrogens with zero attached hydrogens (tertiary/aromatic N) is 3. The molecule has 2 aromatic heterocycles. The van der Waals surface area contributed by atoms with Gasteiger partial charge in [-0.05, 0) is 50.7 Å². The topological polar surface area (TPSA) is 56.0 Å². The van der Waals surface area contributed by atoms with Crippen LogP contribution >= 0.6 is 22.9 Å². The van der Waals surface area contributed by atoms with E-state index in [1.807, 2.05) is 24.3 Å². The Morgan fingerprint density at radius 1 is 1.26 bits per heavy atom. The number of hydrogen-bond donors (Lipinski definition) is 0. The predicted molar refractivity (Wildman–Crippen MR) is 107 cm³/mol. The maximum atomic E-state index is 11.8. The standard InChI is InChI=1S/C20H18ClN3O2S/c21-14-9-7-12(8-10-14)18-16(11-22-26-19(25)13-5-6-13)24-15-3-1-2-4-17(15)27-20(24)23-18/h7-11,13H,1-6H2/b22-11-. The van der Waals surface area contributed by atoms with Gasteiger partial charge < -0.3 is 4.84 Å². The zero-order chi connectivity index (χ0) is 18.4. The molecule has 2 aliphatic carbocycles. The van der Waals surface area contributed by atoms with Crippen molar-refractivity contribution in [2.45, 2.75) is 38.5 Å². The molecular formula is C20H18ClN3O2S. The van der Waals surface area contributed by atoms with Crippen molar-refractivity contribution in [2.24, 2.45) is 11.1 Å². The van der Waals surface area contributed by atoms with Gasteiger partial charge in [-0.15, -0.1) is 11.3 Å². The zero-order valence-corrected chi connectivity index (χ0v) is 16.2. The van der Waals surface area contributed by atoms with Gasteiger partial charge in [-0.3, -0.25) is 4.40 Å². The van der Waals surface area contributed by atoms with Gasteiger partial charge in [-0.1, -0.05) is 28.9 Å². The first-order valence-electron chi connectivity index (χ1n) is 9.24. The summed E-state index contributed by atoms with van der Waals surface area (Å²) in [6, 6.07) is 7.62. The molecule has 3 aromatic rings. The molecule has 0 radical (unpaired) electrons. The third kappa shape index (κ3) is 3.17. The van der Waals surface area contributed by atoms with Crippen molar-refractivity contribution < 1.29 is 9.63 Å². The van der Waals surface area contributed by atoms with Crippen molar-refractivity contribution in [1.82, 2.24) is 9.38 Å². The Kier molecular flexibility index (Phi) is 4.25. The Labute approximate surface area is 165 Å². The van der Waals surface area contributed by atoms with Gasteiger partial charge in [0.1, 0.15) is 0 Å². The number of benzene rings is 1. The fourth-order valence-corrected chi connectivity index (χ4v) is 4.86. The van der Waals surface area contributed by atoms with Crippen molar-refractivity contribution in [3.05, 3.63) is 45.6 Å². The summed E-state index contributed by atoms with van der Waals surface area (Å²) in [4.78, 5) is 24.1. The van der Waals surface area contributed by atoms with E-state index in [1.165, 1.54) is 23.4 Å². The highest BCUT2D eigenvalue weighted by Crippen LogP contribution is 2.35. The fourth-order valence-electron chi connectivity index (χ4n) is 3.52. The number of oxime groups is 1. The molecule has 0 bridgehead atoms. The van der Waals surface area contributed by atoms with Crippen LogP contribution in [-0.4, -0.2) is 21.6 Å². The average molecular weight is 400 g/mol. The van der Waals surface area contributed by atoms with E-state index in [1.54, 1.807) is 17.6 Å². The first kappa shape index (κ1) is 17.0. The van der Waals surface area contributed by atoms with Crippen LogP contribution in [0.1, 0.15) is 41.9 Å². The van der Waals surface area contributed by atoms with Gasteiger partial charge in [-0.2, -0.15) is 0 Å². The molecule has 7 heteroatoms. The van der Waals surface area contributed by atoms with Crippen LogP contribution in [-0.2, 0) is 22.5 Å². The Hall–Kier alpha value is -2.18. The predicted octanol–water partition coefficient (Wildman–Crippen LogP) is 4.88. The Morgan fingerprint density at radius 3 is 2.81 bits per heavy atom. The molecule has 0 unspecified atom stereocenters. The van der Waals surface area contributed by atoms with Crippen molar-refractivity contribution >= 4 is 40.1 Å². The van der Waals surface area contributed by atoms with Gasteiger partial charge in [0.25, 0.3) is 0 Å². The average Bonchev–Trinajstić information content (AvgIpc) is 3.38. The van der Waals surface area contributed by atoms with Crippen molar-refractivity contribution in [3.8, 4) is 11.3 Å². The Morgan fingerprint density at radius 2 is 2.04 bits per heavy atom. The summed E-state index contributed by atoms with van der Waals surface area (Å²) in [5.74, 6) is -0.218. The van der Waals surface area contributed by atoms with E-state index in [2.05, 4.69) is 9.56 Å². The van der Waals surface area contributed by atoms with Gasteiger partial charge in [0.15, 0.2) is 4.96 Å². The maximum Gasteiger partial charge on any atom is 0.338 e. The van der Waals surface area contributed by atoms with Gasteiger partial charge in [0, 0.05) is 21.2 Å². The minimum atomic E-state index is -0.243. The molecule has 0 saturated heterocycles. The van der Waals surface area contributed by atoms with E-state index in [0.29, 0.717) is 5.02 Å². The summed E-state index contributed by atoms with van der Waals surface area (Å²) in [5.41, 5.74) is 3.96. The zero-order valence-electron chi connectivity index (χ0n) is 14.7. The summed E-state index contributed by atoms with van der Waals surface area (Å²) >= 11 is 7.78. The number of rotatable bonds is 4. The molecule has 5 nitrogen and oxygen atoms in total. The van der Waals surface area contributed by atoms with E-state index in [9.17, 15) is 4.79 Å². The lowest BCUT2D eigenvalue weighted by molar-refractivity contribution is -0.145. The summed E-state index contributed by atoms with van der Waals surface area (Å²) in [6.07, 6.45) is 7.98. The number of carbonyl (C=O) groups is 1. The largest absolute Gasteiger partial charge is 0.338 e. The first-order chi connectivity index (χ1) is 13.2. The summed E-state index contributed by atoms with van der Waals surface area (Å²) < 4.78 is 2.18.